The van der Waals surface area contributed by atoms with E-state index in [-0.39, 0.29) is 18.4 Å². The highest BCUT2D eigenvalue weighted by molar-refractivity contribution is 5.85. The van der Waals surface area contributed by atoms with E-state index in [9.17, 15) is 13.2 Å². The van der Waals surface area contributed by atoms with Crippen LogP contribution in [0, 0.1) is 0 Å². The molecule has 0 amide bonds. The monoisotopic (exact) mass is 217 g/mol. The fraction of sp³-hybridized carbons (Fsp3) is 1.00. The van der Waals surface area contributed by atoms with Crippen LogP contribution in [0.15, 0.2) is 0 Å². The van der Waals surface area contributed by atoms with Crippen molar-refractivity contribution >= 4 is 12.4 Å². The summed E-state index contributed by atoms with van der Waals surface area (Å²) in [5.74, 6) is 0. The van der Waals surface area contributed by atoms with Crippen LogP contribution in [-0.4, -0.2) is 18.8 Å². The fourth-order valence-electron chi connectivity index (χ4n) is 1.57. The van der Waals surface area contributed by atoms with Gasteiger partial charge >= 0.3 is 6.18 Å². The molecule has 1 aliphatic rings. The maximum atomic E-state index is 11.7. The predicted octanol–water partition coefficient (Wildman–Crippen LogP) is 2.89. The Balaban J connectivity index is 0.00000144. The minimum Gasteiger partial charge on any atom is -0.306 e. The summed E-state index contributed by atoms with van der Waals surface area (Å²) in [5.41, 5.74) is 0. The molecule has 80 valence electrons. The van der Waals surface area contributed by atoms with E-state index in [1.807, 2.05) is 0 Å². The van der Waals surface area contributed by atoms with E-state index in [1.54, 1.807) is 0 Å². The molecule has 0 saturated heterocycles. The molecule has 0 spiro atoms. The third kappa shape index (κ3) is 6.16. The van der Waals surface area contributed by atoms with Gasteiger partial charge in [0.05, 0.1) is 6.54 Å². The van der Waals surface area contributed by atoms with Crippen molar-refractivity contribution in [1.82, 2.24) is 5.32 Å². The van der Waals surface area contributed by atoms with E-state index < -0.39 is 12.7 Å². The van der Waals surface area contributed by atoms with Crippen molar-refractivity contribution in [2.45, 2.75) is 44.3 Å². The van der Waals surface area contributed by atoms with E-state index in [0.717, 1.165) is 25.7 Å². The van der Waals surface area contributed by atoms with Crippen molar-refractivity contribution in [3.05, 3.63) is 0 Å². The lowest BCUT2D eigenvalue weighted by Crippen LogP contribution is -2.38. The Labute approximate surface area is 82.5 Å². The third-order valence-corrected chi connectivity index (χ3v) is 2.20. The molecule has 13 heavy (non-hydrogen) atoms. The van der Waals surface area contributed by atoms with Crippen LogP contribution in [0.2, 0.25) is 0 Å². The highest BCUT2D eigenvalue weighted by Gasteiger charge is 2.28. The quantitative estimate of drug-likeness (QED) is 0.750. The van der Waals surface area contributed by atoms with Gasteiger partial charge in [-0.15, -0.1) is 12.4 Å². The number of rotatable bonds is 2. The van der Waals surface area contributed by atoms with Gasteiger partial charge in [0.1, 0.15) is 0 Å². The molecular weight excluding hydrogens is 203 g/mol. The molecule has 0 heterocycles. The molecule has 0 aromatic heterocycles. The standard InChI is InChI=1S/C8H14F3N.ClH/c9-8(10,11)6-12-7-4-2-1-3-5-7;/h7,12H,1-6H2;1H. The lowest BCUT2D eigenvalue weighted by Gasteiger charge is -2.23. The van der Waals surface area contributed by atoms with Gasteiger partial charge in [0.2, 0.25) is 0 Å². The molecule has 0 radical (unpaired) electrons. The number of nitrogens with one attached hydrogen (secondary N) is 1. The lowest BCUT2D eigenvalue weighted by atomic mass is 9.95. The molecule has 5 heteroatoms. The minimum atomic E-state index is -4.06. The fourth-order valence-corrected chi connectivity index (χ4v) is 1.57. The number of hydrogen-bond acceptors (Lipinski definition) is 1. The maximum Gasteiger partial charge on any atom is 0.401 e. The van der Waals surface area contributed by atoms with Gasteiger partial charge in [-0.25, -0.2) is 0 Å². The summed E-state index contributed by atoms with van der Waals surface area (Å²) in [6.07, 6.45) is 1.04. The first-order valence-corrected chi connectivity index (χ1v) is 4.38. The summed E-state index contributed by atoms with van der Waals surface area (Å²) in [4.78, 5) is 0. The summed E-state index contributed by atoms with van der Waals surface area (Å²) in [6.45, 7) is -0.836. The third-order valence-electron chi connectivity index (χ3n) is 2.20. The molecule has 1 saturated carbocycles. The second-order valence-corrected chi connectivity index (χ2v) is 3.33. The first kappa shape index (κ1) is 13.0. The van der Waals surface area contributed by atoms with Crippen LogP contribution in [0.4, 0.5) is 13.2 Å². The zero-order valence-corrected chi connectivity index (χ0v) is 8.18. The topological polar surface area (TPSA) is 12.0 Å². The van der Waals surface area contributed by atoms with Gasteiger partial charge in [-0.05, 0) is 12.8 Å². The molecule has 0 aromatic rings. The normalized spacial score (nSPS) is 19.6. The highest BCUT2D eigenvalue weighted by Crippen LogP contribution is 2.19. The molecule has 0 atom stereocenters. The first-order valence-electron chi connectivity index (χ1n) is 4.38. The van der Waals surface area contributed by atoms with Gasteiger partial charge in [0, 0.05) is 6.04 Å². The Hall–Kier alpha value is 0.0400. The van der Waals surface area contributed by atoms with Crippen LogP contribution in [0.3, 0.4) is 0 Å². The summed E-state index contributed by atoms with van der Waals surface area (Å²) in [5, 5.41) is 2.54. The van der Waals surface area contributed by atoms with E-state index in [2.05, 4.69) is 5.32 Å². The average Bonchev–Trinajstić information content (AvgIpc) is 2.02. The average molecular weight is 218 g/mol. The molecule has 0 aliphatic heterocycles. The molecule has 1 nitrogen and oxygen atoms in total. The molecule has 0 bridgehead atoms. The van der Waals surface area contributed by atoms with E-state index in [0.29, 0.717) is 0 Å². The summed E-state index contributed by atoms with van der Waals surface area (Å²) in [6, 6.07) is 0.0976. The Morgan fingerprint density at radius 1 is 1.08 bits per heavy atom. The molecule has 1 N–H and O–H groups in total. The Morgan fingerprint density at radius 3 is 2.08 bits per heavy atom. The van der Waals surface area contributed by atoms with Crippen LogP contribution >= 0.6 is 12.4 Å². The van der Waals surface area contributed by atoms with Crippen molar-refractivity contribution in [3.8, 4) is 0 Å². The Bertz CT molecular complexity index is 132. The van der Waals surface area contributed by atoms with Gasteiger partial charge < -0.3 is 5.32 Å². The highest BCUT2D eigenvalue weighted by atomic mass is 35.5. The van der Waals surface area contributed by atoms with Gasteiger partial charge in [0.15, 0.2) is 0 Å². The zero-order valence-electron chi connectivity index (χ0n) is 7.36. The molecular formula is C8H15ClF3N. The SMILES string of the molecule is Cl.FC(F)(F)CNC1CCCCC1. The van der Waals surface area contributed by atoms with E-state index >= 15 is 0 Å². The van der Waals surface area contributed by atoms with Gasteiger partial charge in [-0.3, -0.25) is 0 Å². The minimum absolute atomic E-state index is 0. The summed E-state index contributed by atoms with van der Waals surface area (Å²) < 4.78 is 35.2. The number of alkyl halides is 3. The lowest BCUT2D eigenvalue weighted by molar-refractivity contribution is -0.126. The number of halogens is 4. The second kappa shape index (κ2) is 5.70. The summed E-state index contributed by atoms with van der Waals surface area (Å²) >= 11 is 0. The van der Waals surface area contributed by atoms with Crippen molar-refractivity contribution in [1.29, 1.82) is 0 Å². The molecule has 0 unspecified atom stereocenters. The van der Waals surface area contributed by atoms with Crippen molar-refractivity contribution < 1.29 is 13.2 Å². The number of hydrogen-bond donors (Lipinski definition) is 1. The van der Waals surface area contributed by atoms with Gasteiger partial charge in [-0.1, -0.05) is 19.3 Å². The zero-order chi connectivity index (χ0) is 9.03. The van der Waals surface area contributed by atoms with Crippen LogP contribution in [-0.2, 0) is 0 Å². The van der Waals surface area contributed by atoms with Gasteiger partial charge in [0.25, 0.3) is 0 Å². The van der Waals surface area contributed by atoms with Crippen molar-refractivity contribution in [3.63, 3.8) is 0 Å². The largest absolute Gasteiger partial charge is 0.401 e. The van der Waals surface area contributed by atoms with Gasteiger partial charge in [-0.2, -0.15) is 13.2 Å². The van der Waals surface area contributed by atoms with Crippen LogP contribution < -0.4 is 5.32 Å². The second-order valence-electron chi connectivity index (χ2n) is 3.33. The molecule has 0 aromatic carbocycles. The van der Waals surface area contributed by atoms with Crippen LogP contribution in [0.25, 0.3) is 0 Å². The molecule has 1 rings (SSSR count). The van der Waals surface area contributed by atoms with Crippen molar-refractivity contribution in [2.75, 3.05) is 6.54 Å². The smallest absolute Gasteiger partial charge is 0.306 e. The van der Waals surface area contributed by atoms with Crippen LogP contribution in [0.5, 0.6) is 0 Å². The Morgan fingerprint density at radius 2 is 1.62 bits per heavy atom. The molecule has 1 fully saturated rings. The maximum absolute atomic E-state index is 11.7. The molecule has 1 aliphatic carbocycles. The van der Waals surface area contributed by atoms with E-state index in [1.165, 1.54) is 6.42 Å². The summed E-state index contributed by atoms with van der Waals surface area (Å²) in [7, 11) is 0. The van der Waals surface area contributed by atoms with Crippen molar-refractivity contribution in [2.24, 2.45) is 0 Å². The van der Waals surface area contributed by atoms with Crippen LogP contribution in [0.1, 0.15) is 32.1 Å². The predicted molar refractivity (Wildman–Crippen MR) is 48.2 cm³/mol. The Kier molecular flexibility index (Phi) is 5.72. The van der Waals surface area contributed by atoms with E-state index in [4.69, 9.17) is 0 Å². The first-order chi connectivity index (χ1) is 5.58.